The lowest BCUT2D eigenvalue weighted by Crippen LogP contribution is -2.16. The van der Waals surface area contributed by atoms with Gasteiger partial charge in [-0.25, -0.2) is 4.98 Å². The molecule has 0 fully saturated rings. The third-order valence-corrected chi connectivity index (χ3v) is 2.97. The number of aromatic amines is 1. The van der Waals surface area contributed by atoms with E-state index < -0.39 is 10.1 Å². The van der Waals surface area contributed by atoms with Crippen molar-refractivity contribution in [2.45, 2.75) is 37.9 Å². The Morgan fingerprint density at radius 2 is 2.36 bits per heavy atom. The minimum Gasteiger partial charge on any atom is -0.334 e. The van der Waals surface area contributed by atoms with Gasteiger partial charge in [0.15, 0.2) is 0 Å². The second-order valence-corrected chi connectivity index (χ2v) is 4.53. The lowest BCUT2D eigenvalue weighted by atomic mass is 10.2. The quantitative estimate of drug-likeness (QED) is 0.756. The first kappa shape index (κ1) is 11.2. The standard InChI is InChI=1S/C8H14N2O3S/c1-3-4-7(2)13-14(11,12)8-9-5-6-10-8/h5-7H,3-4H2,1-2H3,(H,9,10). The van der Waals surface area contributed by atoms with E-state index in [0.717, 1.165) is 6.42 Å². The summed E-state index contributed by atoms with van der Waals surface area (Å²) in [7, 11) is -3.71. The van der Waals surface area contributed by atoms with Gasteiger partial charge in [-0.1, -0.05) is 13.3 Å². The average molecular weight is 218 g/mol. The van der Waals surface area contributed by atoms with Crippen molar-refractivity contribution in [2.75, 3.05) is 0 Å². The summed E-state index contributed by atoms with van der Waals surface area (Å²) in [5, 5.41) is -0.138. The van der Waals surface area contributed by atoms with E-state index in [9.17, 15) is 8.42 Å². The van der Waals surface area contributed by atoms with E-state index in [4.69, 9.17) is 4.18 Å². The molecule has 1 atom stereocenters. The molecule has 1 N–H and O–H groups in total. The van der Waals surface area contributed by atoms with E-state index in [0.29, 0.717) is 6.42 Å². The van der Waals surface area contributed by atoms with Crippen molar-refractivity contribution < 1.29 is 12.6 Å². The van der Waals surface area contributed by atoms with E-state index in [2.05, 4.69) is 9.97 Å². The van der Waals surface area contributed by atoms with Crippen LogP contribution in [-0.4, -0.2) is 24.5 Å². The Bertz CT molecular complexity index is 358. The summed E-state index contributed by atoms with van der Waals surface area (Å²) in [5.74, 6) is 0. The number of aromatic nitrogens is 2. The van der Waals surface area contributed by atoms with Crippen LogP contribution in [-0.2, 0) is 14.3 Å². The van der Waals surface area contributed by atoms with Crippen LogP contribution >= 0.6 is 0 Å². The molecule has 14 heavy (non-hydrogen) atoms. The maximum Gasteiger partial charge on any atom is 0.331 e. The zero-order chi connectivity index (χ0) is 10.6. The van der Waals surface area contributed by atoms with Crippen molar-refractivity contribution in [2.24, 2.45) is 0 Å². The second kappa shape index (κ2) is 4.56. The molecule has 0 radical (unpaired) electrons. The molecule has 6 heteroatoms. The number of nitrogens with one attached hydrogen (secondary N) is 1. The highest BCUT2D eigenvalue weighted by molar-refractivity contribution is 7.86. The third kappa shape index (κ3) is 2.81. The molecule has 1 unspecified atom stereocenters. The molecule has 1 rings (SSSR count). The Hall–Kier alpha value is -0.880. The Morgan fingerprint density at radius 3 is 2.86 bits per heavy atom. The van der Waals surface area contributed by atoms with E-state index in [1.54, 1.807) is 6.92 Å². The number of hydrogen-bond acceptors (Lipinski definition) is 4. The monoisotopic (exact) mass is 218 g/mol. The first-order chi connectivity index (χ1) is 6.56. The third-order valence-electron chi connectivity index (χ3n) is 1.70. The molecule has 0 aromatic carbocycles. The van der Waals surface area contributed by atoms with Gasteiger partial charge in [-0.3, -0.25) is 4.18 Å². The summed E-state index contributed by atoms with van der Waals surface area (Å²) in [6, 6.07) is 0. The normalized spacial score (nSPS) is 14.1. The molecule has 1 aromatic heterocycles. The number of nitrogens with zero attached hydrogens (tertiary/aromatic N) is 1. The Morgan fingerprint density at radius 1 is 1.64 bits per heavy atom. The molecule has 0 saturated heterocycles. The summed E-state index contributed by atoms with van der Waals surface area (Å²) < 4.78 is 27.8. The highest BCUT2D eigenvalue weighted by Gasteiger charge is 2.20. The first-order valence-corrected chi connectivity index (χ1v) is 5.89. The van der Waals surface area contributed by atoms with Crippen LogP contribution in [0.3, 0.4) is 0 Å². The molecular weight excluding hydrogens is 204 g/mol. The van der Waals surface area contributed by atoms with Crippen molar-refractivity contribution in [3.63, 3.8) is 0 Å². The van der Waals surface area contributed by atoms with E-state index in [-0.39, 0.29) is 11.3 Å². The van der Waals surface area contributed by atoms with Crippen LogP contribution in [0.5, 0.6) is 0 Å². The topological polar surface area (TPSA) is 72.1 Å². The van der Waals surface area contributed by atoms with Gasteiger partial charge in [-0.15, -0.1) is 0 Å². The minimum absolute atomic E-state index is 0.138. The van der Waals surface area contributed by atoms with Gasteiger partial charge >= 0.3 is 10.1 Å². The lowest BCUT2D eigenvalue weighted by molar-refractivity contribution is 0.215. The Balaban J connectivity index is 2.68. The maximum atomic E-state index is 11.5. The molecular formula is C8H14N2O3S. The summed E-state index contributed by atoms with van der Waals surface area (Å²) in [6.45, 7) is 3.70. The zero-order valence-electron chi connectivity index (χ0n) is 8.23. The van der Waals surface area contributed by atoms with Crippen molar-refractivity contribution in [3.8, 4) is 0 Å². The molecule has 0 saturated carbocycles. The van der Waals surface area contributed by atoms with Gasteiger partial charge in [0.2, 0.25) is 0 Å². The number of rotatable bonds is 5. The first-order valence-electron chi connectivity index (χ1n) is 4.49. The minimum atomic E-state index is -3.71. The number of H-pyrrole nitrogens is 1. The zero-order valence-corrected chi connectivity index (χ0v) is 9.04. The molecule has 0 bridgehead atoms. The summed E-state index contributed by atoms with van der Waals surface area (Å²) in [6.07, 6.45) is 4.10. The fourth-order valence-electron chi connectivity index (χ4n) is 1.10. The predicted molar refractivity (Wildman–Crippen MR) is 51.2 cm³/mol. The van der Waals surface area contributed by atoms with Crippen LogP contribution in [0.1, 0.15) is 26.7 Å². The average Bonchev–Trinajstić information content (AvgIpc) is 2.54. The SMILES string of the molecule is CCCC(C)OS(=O)(=O)c1ncc[nH]1. The van der Waals surface area contributed by atoms with Crippen molar-refractivity contribution in [1.82, 2.24) is 9.97 Å². The van der Waals surface area contributed by atoms with Gasteiger partial charge in [0.1, 0.15) is 0 Å². The fourth-order valence-corrected chi connectivity index (χ4v) is 2.13. The summed E-state index contributed by atoms with van der Waals surface area (Å²) >= 11 is 0. The van der Waals surface area contributed by atoms with Gasteiger partial charge in [0, 0.05) is 12.4 Å². The highest BCUT2D eigenvalue weighted by Crippen LogP contribution is 2.11. The number of hydrogen-bond donors (Lipinski definition) is 1. The van der Waals surface area contributed by atoms with Crippen LogP contribution in [0.4, 0.5) is 0 Å². The molecule has 0 aliphatic carbocycles. The molecule has 5 nitrogen and oxygen atoms in total. The van der Waals surface area contributed by atoms with Gasteiger partial charge in [0.05, 0.1) is 6.10 Å². The highest BCUT2D eigenvalue weighted by atomic mass is 32.2. The van der Waals surface area contributed by atoms with E-state index in [1.807, 2.05) is 6.92 Å². The molecule has 1 aromatic rings. The second-order valence-electron chi connectivity index (χ2n) is 3.04. The van der Waals surface area contributed by atoms with E-state index >= 15 is 0 Å². The summed E-state index contributed by atoms with van der Waals surface area (Å²) in [5.41, 5.74) is 0. The molecule has 0 amide bonds. The Labute approximate surface area is 83.6 Å². The van der Waals surface area contributed by atoms with Crippen LogP contribution in [0.15, 0.2) is 17.6 Å². The smallest absolute Gasteiger partial charge is 0.331 e. The van der Waals surface area contributed by atoms with Gasteiger partial charge in [0.25, 0.3) is 5.16 Å². The van der Waals surface area contributed by atoms with Gasteiger partial charge in [-0.05, 0) is 13.3 Å². The van der Waals surface area contributed by atoms with Crippen LogP contribution < -0.4 is 0 Å². The molecule has 0 aliphatic rings. The molecule has 0 aliphatic heterocycles. The van der Waals surface area contributed by atoms with Gasteiger partial charge in [-0.2, -0.15) is 8.42 Å². The van der Waals surface area contributed by atoms with Crippen LogP contribution in [0.25, 0.3) is 0 Å². The largest absolute Gasteiger partial charge is 0.334 e. The Kier molecular flexibility index (Phi) is 3.65. The lowest BCUT2D eigenvalue weighted by Gasteiger charge is -2.09. The van der Waals surface area contributed by atoms with Crippen LogP contribution in [0.2, 0.25) is 0 Å². The maximum absolute atomic E-state index is 11.5. The van der Waals surface area contributed by atoms with Crippen LogP contribution in [0, 0.1) is 0 Å². The molecule has 80 valence electrons. The fraction of sp³-hybridized carbons (Fsp3) is 0.625. The number of imidazole rings is 1. The van der Waals surface area contributed by atoms with Crippen molar-refractivity contribution in [1.29, 1.82) is 0 Å². The van der Waals surface area contributed by atoms with Crippen molar-refractivity contribution >= 4 is 10.1 Å². The van der Waals surface area contributed by atoms with E-state index in [1.165, 1.54) is 12.4 Å². The van der Waals surface area contributed by atoms with Gasteiger partial charge < -0.3 is 4.98 Å². The summed E-state index contributed by atoms with van der Waals surface area (Å²) in [4.78, 5) is 6.13. The molecule has 0 spiro atoms. The molecule has 1 heterocycles. The predicted octanol–water partition coefficient (Wildman–Crippen LogP) is 1.30. The van der Waals surface area contributed by atoms with Crippen molar-refractivity contribution in [3.05, 3.63) is 12.4 Å².